The lowest BCUT2D eigenvalue weighted by Gasteiger charge is -2.36. The third-order valence-electron chi connectivity index (χ3n) is 4.22. The van der Waals surface area contributed by atoms with Crippen molar-refractivity contribution in [3.63, 3.8) is 0 Å². The second-order valence-electron chi connectivity index (χ2n) is 5.63. The number of hydrogen-bond donors (Lipinski definition) is 1. The van der Waals surface area contributed by atoms with Crippen molar-refractivity contribution in [2.75, 3.05) is 7.11 Å². The fourth-order valence-corrected chi connectivity index (χ4v) is 2.86. The molecule has 3 rings (SSSR count). The molecule has 110 valence electrons. The number of ether oxygens (including phenoxy) is 1. The summed E-state index contributed by atoms with van der Waals surface area (Å²) in [5, 5.41) is 3.49. The summed E-state index contributed by atoms with van der Waals surface area (Å²) >= 11 is 0. The smallest absolute Gasteiger partial charge is 0.165 e. The molecule has 0 aliphatic heterocycles. The third kappa shape index (κ3) is 3.24. The molecule has 0 heterocycles. The van der Waals surface area contributed by atoms with Gasteiger partial charge in [0, 0.05) is 12.6 Å². The van der Waals surface area contributed by atoms with Crippen LogP contribution in [0.5, 0.6) is 5.75 Å². The normalized spacial score (nSPS) is 20.9. The van der Waals surface area contributed by atoms with Gasteiger partial charge in [-0.1, -0.05) is 36.4 Å². The van der Waals surface area contributed by atoms with Crippen LogP contribution in [0.3, 0.4) is 0 Å². The van der Waals surface area contributed by atoms with E-state index in [1.165, 1.54) is 12.7 Å². The number of benzene rings is 2. The zero-order valence-electron chi connectivity index (χ0n) is 12.2. The molecule has 2 aromatic rings. The van der Waals surface area contributed by atoms with Crippen LogP contribution in [0.15, 0.2) is 48.5 Å². The van der Waals surface area contributed by atoms with Gasteiger partial charge in [0.25, 0.3) is 0 Å². The van der Waals surface area contributed by atoms with Gasteiger partial charge in [-0.2, -0.15) is 0 Å². The quantitative estimate of drug-likeness (QED) is 0.900. The maximum atomic E-state index is 13.6. The summed E-state index contributed by atoms with van der Waals surface area (Å²) in [5.41, 5.74) is 2.38. The molecular formula is C18H20FNO. The third-order valence-corrected chi connectivity index (χ3v) is 4.22. The first kappa shape index (κ1) is 14.1. The van der Waals surface area contributed by atoms with Gasteiger partial charge in [-0.15, -0.1) is 0 Å². The highest BCUT2D eigenvalue weighted by Gasteiger charge is 2.29. The molecule has 0 aromatic heterocycles. The predicted molar refractivity (Wildman–Crippen MR) is 82.0 cm³/mol. The van der Waals surface area contributed by atoms with Crippen molar-refractivity contribution in [2.24, 2.45) is 0 Å². The highest BCUT2D eigenvalue weighted by Crippen LogP contribution is 2.36. The van der Waals surface area contributed by atoms with E-state index in [0.29, 0.717) is 24.3 Å². The topological polar surface area (TPSA) is 21.3 Å². The first-order chi connectivity index (χ1) is 10.3. The van der Waals surface area contributed by atoms with Gasteiger partial charge in [-0.05, 0) is 42.0 Å². The van der Waals surface area contributed by atoms with Crippen molar-refractivity contribution in [1.82, 2.24) is 5.32 Å². The first-order valence-corrected chi connectivity index (χ1v) is 7.37. The molecule has 1 fully saturated rings. The Labute approximate surface area is 125 Å². The Morgan fingerprint density at radius 3 is 2.57 bits per heavy atom. The zero-order valence-corrected chi connectivity index (χ0v) is 12.2. The lowest BCUT2D eigenvalue weighted by molar-refractivity contribution is 0.289. The van der Waals surface area contributed by atoms with Gasteiger partial charge in [0.05, 0.1) is 7.11 Å². The summed E-state index contributed by atoms with van der Waals surface area (Å²) in [6, 6.07) is 16.3. The standard InChI is InChI=1S/C18H20FNO/c1-21-18-8-7-13(9-17(18)19)12-20-16-10-15(11-16)14-5-3-2-4-6-14/h2-9,15-16,20H,10-12H2,1H3. The zero-order chi connectivity index (χ0) is 14.7. The van der Waals surface area contributed by atoms with E-state index in [9.17, 15) is 4.39 Å². The Balaban J connectivity index is 1.48. The molecule has 0 unspecified atom stereocenters. The number of methoxy groups -OCH3 is 1. The molecule has 0 bridgehead atoms. The number of rotatable bonds is 5. The van der Waals surface area contributed by atoms with Crippen LogP contribution in [0.2, 0.25) is 0 Å². The van der Waals surface area contributed by atoms with E-state index in [-0.39, 0.29) is 5.82 Å². The van der Waals surface area contributed by atoms with Crippen LogP contribution in [0.25, 0.3) is 0 Å². The lowest BCUT2D eigenvalue weighted by Crippen LogP contribution is -2.39. The maximum absolute atomic E-state index is 13.6. The first-order valence-electron chi connectivity index (χ1n) is 7.37. The largest absolute Gasteiger partial charge is 0.494 e. The monoisotopic (exact) mass is 285 g/mol. The van der Waals surface area contributed by atoms with Gasteiger partial charge < -0.3 is 10.1 Å². The summed E-state index contributed by atoms with van der Waals surface area (Å²) in [5.74, 6) is 0.662. The predicted octanol–water partition coefficient (Wildman–Crippen LogP) is 3.87. The number of hydrogen-bond acceptors (Lipinski definition) is 2. The molecule has 0 atom stereocenters. The van der Waals surface area contributed by atoms with Gasteiger partial charge >= 0.3 is 0 Å². The molecule has 1 saturated carbocycles. The van der Waals surface area contributed by atoms with E-state index in [0.717, 1.165) is 18.4 Å². The summed E-state index contributed by atoms with van der Waals surface area (Å²) in [4.78, 5) is 0. The molecule has 3 heteroatoms. The Morgan fingerprint density at radius 2 is 1.90 bits per heavy atom. The van der Waals surface area contributed by atoms with Crippen molar-refractivity contribution in [3.8, 4) is 5.75 Å². The van der Waals surface area contributed by atoms with Crippen molar-refractivity contribution >= 4 is 0 Å². The molecule has 0 amide bonds. The van der Waals surface area contributed by atoms with Crippen molar-refractivity contribution in [2.45, 2.75) is 31.3 Å². The average Bonchev–Trinajstić information content (AvgIpc) is 2.47. The molecule has 2 aromatic carbocycles. The van der Waals surface area contributed by atoms with E-state index >= 15 is 0 Å². The van der Waals surface area contributed by atoms with E-state index in [2.05, 4.69) is 35.6 Å². The van der Waals surface area contributed by atoms with Crippen molar-refractivity contribution < 1.29 is 9.13 Å². The number of nitrogens with one attached hydrogen (secondary N) is 1. The second kappa shape index (κ2) is 6.27. The van der Waals surface area contributed by atoms with E-state index in [1.54, 1.807) is 12.1 Å². The van der Waals surface area contributed by atoms with Crippen LogP contribution >= 0.6 is 0 Å². The van der Waals surface area contributed by atoms with E-state index in [4.69, 9.17) is 4.74 Å². The minimum absolute atomic E-state index is 0.298. The Bertz CT molecular complexity index is 593. The van der Waals surface area contributed by atoms with Crippen LogP contribution in [0.1, 0.15) is 29.9 Å². The molecule has 2 nitrogen and oxygen atoms in total. The summed E-state index contributed by atoms with van der Waals surface area (Å²) in [7, 11) is 1.48. The van der Waals surface area contributed by atoms with Crippen LogP contribution in [0.4, 0.5) is 4.39 Å². The highest BCUT2D eigenvalue weighted by molar-refractivity contribution is 5.29. The molecule has 1 N–H and O–H groups in total. The van der Waals surface area contributed by atoms with Crippen LogP contribution < -0.4 is 10.1 Å². The Kier molecular flexibility index (Phi) is 4.20. The molecule has 0 spiro atoms. The molecule has 21 heavy (non-hydrogen) atoms. The fourth-order valence-electron chi connectivity index (χ4n) is 2.86. The fraction of sp³-hybridized carbons (Fsp3) is 0.333. The average molecular weight is 285 g/mol. The van der Waals surface area contributed by atoms with Gasteiger partial charge in [-0.25, -0.2) is 4.39 Å². The van der Waals surface area contributed by atoms with Crippen LogP contribution in [-0.2, 0) is 6.54 Å². The molecule has 0 radical (unpaired) electrons. The summed E-state index contributed by atoms with van der Waals surface area (Å²) < 4.78 is 18.5. The second-order valence-corrected chi connectivity index (χ2v) is 5.63. The molecule has 0 saturated heterocycles. The SMILES string of the molecule is COc1ccc(CNC2CC(c3ccccc3)C2)cc1F. The van der Waals surface area contributed by atoms with Crippen LogP contribution in [-0.4, -0.2) is 13.2 Å². The molecule has 1 aliphatic rings. The highest BCUT2D eigenvalue weighted by atomic mass is 19.1. The van der Waals surface area contributed by atoms with Gasteiger partial charge in [0.1, 0.15) is 0 Å². The number of halogens is 1. The minimum Gasteiger partial charge on any atom is -0.494 e. The summed E-state index contributed by atoms with van der Waals surface area (Å²) in [6.07, 6.45) is 2.31. The molecular weight excluding hydrogens is 265 g/mol. The van der Waals surface area contributed by atoms with Gasteiger partial charge in [-0.3, -0.25) is 0 Å². The lowest BCUT2D eigenvalue weighted by atomic mass is 9.76. The van der Waals surface area contributed by atoms with Gasteiger partial charge in [0.2, 0.25) is 0 Å². The van der Waals surface area contributed by atoms with Crippen molar-refractivity contribution in [1.29, 1.82) is 0 Å². The Morgan fingerprint density at radius 1 is 1.14 bits per heavy atom. The maximum Gasteiger partial charge on any atom is 0.165 e. The van der Waals surface area contributed by atoms with Gasteiger partial charge in [0.15, 0.2) is 11.6 Å². The van der Waals surface area contributed by atoms with Crippen LogP contribution in [0, 0.1) is 5.82 Å². The minimum atomic E-state index is -0.299. The van der Waals surface area contributed by atoms with Crippen molar-refractivity contribution in [3.05, 3.63) is 65.5 Å². The van der Waals surface area contributed by atoms with E-state index < -0.39 is 0 Å². The summed E-state index contributed by atoms with van der Waals surface area (Å²) in [6.45, 7) is 0.701. The Hall–Kier alpha value is -1.87. The van der Waals surface area contributed by atoms with E-state index in [1.807, 2.05) is 6.07 Å². The molecule has 1 aliphatic carbocycles.